The standard InChI is InChI=1S/C38H67N11O6S.C3H8.C2H7N.C2H6/c1-45(2)26-33(50)40-16-9-7-13-30(44-35(52)28-47(5)6)36(53)42-18-11-21-49(38(55)29-25-39-20-15-32(29)56)22-12-19-43-37(54)31(48-23-24-48)14-8-10-17-41-34(51)27-46(3)4;2*1-3-2;1-2/h15,20,25,30-31H,7-14,16-19,21-24,26-28H2,1-6H3,(H,39,56)(H,40,50)(H,41,51)(H,42,53)(H,43,54)(H,44,52);3H2,1-2H3;3H,1-2H3;1-2H3/t30?,31-;;;/m0.../s1. The fourth-order valence-electron chi connectivity index (χ4n) is 6.00. The zero-order valence-electron chi connectivity index (χ0n) is 41.6. The summed E-state index contributed by atoms with van der Waals surface area (Å²) in [6.45, 7) is 13.2. The molecule has 0 radical (unpaired) electrons. The van der Waals surface area contributed by atoms with Crippen LogP contribution in [0.15, 0.2) is 18.5 Å². The maximum atomic E-state index is 13.6. The van der Waals surface area contributed by atoms with Gasteiger partial charge in [0.25, 0.3) is 5.91 Å². The summed E-state index contributed by atoms with van der Waals surface area (Å²) in [5.41, 5.74) is 0.372. The van der Waals surface area contributed by atoms with Crippen LogP contribution in [0.25, 0.3) is 0 Å². The van der Waals surface area contributed by atoms with Gasteiger partial charge in [0.1, 0.15) is 6.04 Å². The van der Waals surface area contributed by atoms with Crippen molar-refractivity contribution < 1.29 is 28.8 Å². The first kappa shape index (κ1) is 62.1. The second kappa shape index (κ2) is 39.4. The Labute approximate surface area is 391 Å². The van der Waals surface area contributed by atoms with E-state index in [0.717, 1.165) is 25.9 Å². The van der Waals surface area contributed by atoms with E-state index < -0.39 is 6.04 Å². The Kier molecular flexibility index (Phi) is 38.2. The second-order valence-corrected chi connectivity index (χ2v) is 16.7. The Bertz CT molecular complexity index is 1490. The van der Waals surface area contributed by atoms with Crippen molar-refractivity contribution in [3.05, 3.63) is 28.5 Å². The van der Waals surface area contributed by atoms with Gasteiger partial charge in [-0.1, -0.05) is 46.3 Å². The van der Waals surface area contributed by atoms with Crippen LogP contribution in [0, 0.1) is 4.51 Å². The van der Waals surface area contributed by atoms with Gasteiger partial charge in [0.05, 0.1) is 35.7 Å². The van der Waals surface area contributed by atoms with E-state index in [4.69, 9.17) is 12.2 Å². The number of pyridine rings is 1. The predicted octanol–water partition coefficient (Wildman–Crippen LogP) is 1.90. The van der Waals surface area contributed by atoms with E-state index in [-0.39, 0.29) is 54.6 Å². The van der Waals surface area contributed by atoms with Crippen molar-refractivity contribution in [1.29, 1.82) is 0 Å². The van der Waals surface area contributed by atoms with Crippen molar-refractivity contribution in [2.75, 3.05) is 128 Å². The van der Waals surface area contributed by atoms with Crippen molar-refractivity contribution >= 4 is 47.7 Å². The van der Waals surface area contributed by atoms with Gasteiger partial charge in [0, 0.05) is 64.8 Å². The number of nitrogens with one attached hydrogen (secondary N) is 7. The molecule has 18 nitrogen and oxygen atoms in total. The van der Waals surface area contributed by atoms with Gasteiger partial charge in [-0.2, -0.15) is 0 Å². The third kappa shape index (κ3) is 32.6. The predicted molar refractivity (Wildman–Crippen MR) is 262 cm³/mol. The molecule has 1 fully saturated rings. The molecule has 1 aliphatic rings. The minimum Gasteiger partial charge on any atom is -0.367 e. The molecule has 0 spiro atoms. The zero-order chi connectivity index (χ0) is 48.9. The number of nitrogens with zero attached hydrogens (tertiary/aromatic N) is 5. The van der Waals surface area contributed by atoms with E-state index in [1.807, 2.05) is 61.0 Å². The van der Waals surface area contributed by atoms with Crippen molar-refractivity contribution in [3.8, 4) is 0 Å². The Balaban J connectivity index is 0. The summed E-state index contributed by atoms with van der Waals surface area (Å²) < 4.78 is 0.424. The molecular weight excluding hydrogens is 837 g/mol. The number of rotatable bonds is 29. The highest BCUT2D eigenvalue weighted by Crippen LogP contribution is 2.17. The number of hydrogen-bond acceptors (Lipinski definition) is 12. The van der Waals surface area contributed by atoms with E-state index in [9.17, 15) is 28.8 Å². The van der Waals surface area contributed by atoms with E-state index in [2.05, 4.69) is 55.6 Å². The molecule has 7 N–H and O–H groups in total. The summed E-state index contributed by atoms with van der Waals surface area (Å²) in [4.78, 5) is 88.5. The molecule has 6 amide bonds. The lowest BCUT2D eigenvalue weighted by Crippen LogP contribution is -2.49. The number of carbonyl (C=O) groups excluding carboxylic acids is 6. The Morgan fingerprint density at radius 1 is 0.672 bits per heavy atom. The molecule has 2 atom stereocenters. The first-order chi connectivity index (χ1) is 30.5. The van der Waals surface area contributed by atoms with Gasteiger partial charge >= 0.3 is 0 Å². The number of aromatic nitrogens is 1. The minimum absolute atomic E-state index is 0.0150. The van der Waals surface area contributed by atoms with Crippen LogP contribution in [0.3, 0.4) is 0 Å². The Morgan fingerprint density at radius 2 is 1.11 bits per heavy atom. The maximum Gasteiger partial charge on any atom is 0.256 e. The number of amides is 6. The number of unbranched alkanes of at least 4 members (excludes halogenated alkanes) is 2. The van der Waals surface area contributed by atoms with Gasteiger partial charge in [0.15, 0.2) is 0 Å². The average Bonchev–Trinajstić information content (AvgIpc) is 4.07. The molecule has 0 saturated carbocycles. The molecule has 1 aliphatic heterocycles. The van der Waals surface area contributed by atoms with Crippen LogP contribution in [0.1, 0.15) is 95.8 Å². The molecule has 2 rings (SSSR count). The van der Waals surface area contributed by atoms with Crippen LogP contribution in [0.2, 0.25) is 0 Å². The van der Waals surface area contributed by atoms with Gasteiger partial charge in [0.2, 0.25) is 29.5 Å². The molecule has 0 aliphatic carbocycles. The first-order valence-electron chi connectivity index (χ1n) is 23.1. The second-order valence-electron chi connectivity index (χ2n) is 16.3. The largest absolute Gasteiger partial charge is 0.367 e. The SMILES string of the molecule is CC.CCC.CN(C)CC(=O)NCCCCC(NC(=O)CN(C)C)C(=O)NCCCN(CCCNC(=O)[C@H](CCCCNC(=O)CN(C)C)N1CC1)C(=O)c1c[nH]ccc1=S.CNC. The molecule has 0 aromatic carbocycles. The molecule has 1 aromatic rings. The highest BCUT2D eigenvalue weighted by atomic mass is 32.1. The summed E-state index contributed by atoms with van der Waals surface area (Å²) in [6.07, 6.45) is 9.46. The normalized spacial score (nSPS) is 12.5. The van der Waals surface area contributed by atoms with Crippen LogP contribution in [-0.4, -0.2) is 205 Å². The third-order valence-corrected chi connectivity index (χ3v) is 9.23. The van der Waals surface area contributed by atoms with Crippen LogP contribution in [0.5, 0.6) is 0 Å². The fourth-order valence-corrected chi connectivity index (χ4v) is 6.21. The van der Waals surface area contributed by atoms with Crippen molar-refractivity contribution in [3.63, 3.8) is 0 Å². The zero-order valence-corrected chi connectivity index (χ0v) is 42.4. The topological polar surface area (TPSA) is 206 Å². The van der Waals surface area contributed by atoms with Crippen molar-refractivity contribution in [2.45, 2.75) is 97.6 Å². The smallest absolute Gasteiger partial charge is 0.256 e. The number of aromatic amines is 1. The summed E-state index contributed by atoms with van der Waals surface area (Å²) in [5, 5.41) is 17.3. The van der Waals surface area contributed by atoms with Gasteiger partial charge in [-0.05, 0) is 114 Å². The highest BCUT2D eigenvalue weighted by molar-refractivity contribution is 7.71. The van der Waals surface area contributed by atoms with Gasteiger partial charge < -0.3 is 56.5 Å². The lowest BCUT2D eigenvalue weighted by atomic mass is 10.1. The fraction of sp³-hybridized carbons (Fsp3) is 0.756. The molecule has 1 unspecified atom stereocenters. The minimum atomic E-state index is -0.742. The molecule has 2 heterocycles. The summed E-state index contributed by atoms with van der Waals surface area (Å²) in [7, 11) is 14.6. The quantitative estimate of drug-likeness (QED) is 0.0350. The molecule has 0 bridgehead atoms. The summed E-state index contributed by atoms with van der Waals surface area (Å²) in [5.74, 6) is -0.937. The van der Waals surface area contributed by atoms with Crippen LogP contribution < -0.4 is 31.9 Å². The van der Waals surface area contributed by atoms with Gasteiger partial charge in [-0.15, -0.1) is 0 Å². The highest BCUT2D eigenvalue weighted by Gasteiger charge is 2.32. The molecule has 64 heavy (non-hydrogen) atoms. The number of likely N-dealkylation sites (N-methyl/N-ethyl adjacent to an activating group) is 3. The van der Waals surface area contributed by atoms with E-state index >= 15 is 0 Å². The van der Waals surface area contributed by atoms with E-state index in [1.54, 1.807) is 47.3 Å². The van der Waals surface area contributed by atoms with Crippen LogP contribution >= 0.6 is 12.2 Å². The number of H-pyrrole nitrogens is 1. The van der Waals surface area contributed by atoms with Crippen molar-refractivity contribution in [1.82, 2.24) is 61.4 Å². The average molecular weight is 925 g/mol. The molecule has 1 saturated heterocycles. The maximum absolute atomic E-state index is 13.6. The lowest BCUT2D eigenvalue weighted by molar-refractivity contribution is -0.129. The van der Waals surface area contributed by atoms with E-state index in [0.29, 0.717) is 94.4 Å². The summed E-state index contributed by atoms with van der Waals surface area (Å²) >= 11 is 5.43. The Hall–Kier alpha value is -4.01. The lowest BCUT2D eigenvalue weighted by Gasteiger charge is -2.24. The van der Waals surface area contributed by atoms with Crippen molar-refractivity contribution in [2.24, 2.45) is 0 Å². The van der Waals surface area contributed by atoms with Crippen LogP contribution in [0.4, 0.5) is 0 Å². The van der Waals surface area contributed by atoms with Crippen LogP contribution in [-0.2, 0) is 24.0 Å². The summed E-state index contributed by atoms with van der Waals surface area (Å²) in [6, 6.07) is 0.699. The molecule has 370 valence electrons. The molecule has 1 aromatic heterocycles. The van der Waals surface area contributed by atoms with E-state index in [1.165, 1.54) is 6.42 Å². The molecule has 19 heteroatoms. The monoisotopic (exact) mass is 925 g/mol. The number of carbonyl (C=O) groups is 6. The molecular formula is C45H88N12O6S. The third-order valence-electron chi connectivity index (χ3n) is 8.87. The first-order valence-corrected chi connectivity index (χ1v) is 23.5. The Morgan fingerprint density at radius 3 is 1.56 bits per heavy atom. The van der Waals surface area contributed by atoms with Gasteiger partial charge in [-0.25, -0.2) is 0 Å². The number of hydrogen-bond donors (Lipinski definition) is 7. The van der Waals surface area contributed by atoms with Gasteiger partial charge in [-0.3, -0.25) is 33.7 Å².